The van der Waals surface area contributed by atoms with Crippen LogP contribution < -0.4 is 5.73 Å². The number of hydrogen-bond donors (Lipinski definition) is 2. The quantitative estimate of drug-likeness (QED) is 0.810. The average molecular weight is 272 g/mol. The van der Waals surface area contributed by atoms with Crippen molar-refractivity contribution in [1.82, 2.24) is 4.90 Å². The highest BCUT2D eigenvalue weighted by Gasteiger charge is 2.29. The Kier molecular flexibility index (Phi) is 5.17. The molecular formula is C13H24N2O4. The molecular weight excluding hydrogens is 248 g/mol. The summed E-state index contributed by atoms with van der Waals surface area (Å²) in [5.74, 6) is -0.859. The summed E-state index contributed by atoms with van der Waals surface area (Å²) in [6.07, 6.45) is 1.83. The standard InChI is InChI=1S/C13H24N2O4/c1-13(2,3)19-12(18)15-6-4-5-9(8-15)7-10(14)11(16)17/h9-10H,4-8,14H2,1-3H3,(H,16,17)/t9?,10-/m0/s1. The minimum atomic E-state index is -0.991. The summed E-state index contributed by atoms with van der Waals surface area (Å²) in [6, 6.07) is -0.858. The summed E-state index contributed by atoms with van der Waals surface area (Å²) >= 11 is 0. The third-order valence-corrected chi connectivity index (χ3v) is 3.08. The number of rotatable bonds is 3. The van der Waals surface area contributed by atoms with Gasteiger partial charge in [0.2, 0.25) is 0 Å². The van der Waals surface area contributed by atoms with E-state index in [9.17, 15) is 9.59 Å². The van der Waals surface area contributed by atoms with E-state index in [0.29, 0.717) is 19.5 Å². The highest BCUT2D eigenvalue weighted by Crippen LogP contribution is 2.22. The Bertz CT molecular complexity index is 338. The summed E-state index contributed by atoms with van der Waals surface area (Å²) in [4.78, 5) is 24.3. The molecule has 1 unspecified atom stereocenters. The van der Waals surface area contributed by atoms with E-state index < -0.39 is 17.6 Å². The molecule has 1 aliphatic heterocycles. The maximum atomic E-state index is 11.9. The van der Waals surface area contributed by atoms with Crippen molar-refractivity contribution < 1.29 is 19.4 Å². The molecule has 0 spiro atoms. The fraction of sp³-hybridized carbons (Fsp3) is 0.846. The lowest BCUT2D eigenvalue weighted by molar-refractivity contribution is -0.139. The Hall–Kier alpha value is -1.30. The number of likely N-dealkylation sites (tertiary alicyclic amines) is 1. The molecule has 1 rings (SSSR count). The van der Waals surface area contributed by atoms with Gasteiger partial charge in [0.1, 0.15) is 11.6 Å². The third-order valence-electron chi connectivity index (χ3n) is 3.08. The zero-order valence-electron chi connectivity index (χ0n) is 11.9. The van der Waals surface area contributed by atoms with Gasteiger partial charge in [-0.05, 0) is 46.0 Å². The van der Waals surface area contributed by atoms with Crippen molar-refractivity contribution in [3.8, 4) is 0 Å². The summed E-state index contributed by atoms with van der Waals surface area (Å²) in [6.45, 7) is 6.66. The van der Waals surface area contributed by atoms with Gasteiger partial charge in [-0.2, -0.15) is 0 Å². The number of carboxylic acids is 1. The van der Waals surface area contributed by atoms with Crippen LogP contribution in [0.1, 0.15) is 40.0 Å². The Balaban J connectivity index is 2.50. The predicted molar refractivity (Wildman–Crippen MR) is 70.8 cm³/mol. The van der Waals surface area contributed by atoms with E-state index in [4.69, 9.17) is 15.6 Å². The molecule has 0 aliphatic carbocycles. The van der Waals surface area contributed by atoms with Crippen molar-refractivity contribution in [2.45, 2.75) is 51.7 Å². The van der Waals surface area contributed by atoms with Crippen molar-refractivity contribution in [2.75, 3.05) is 13.1 Å². The molecule has 0 aromatic rings. The molecule has 1 saturated heterocycles. The zero-order valence-corrected chi connectivity index (χ0v) is 11.9. The number of hydrogen-bond acceptors (Lipinski definition) is 4. The number of nitrogens with zero attached hydrogens (tertiary/aromatic N) is 1. The molecule has 3 N–H and O–H groups in total. The van der Waals surface area contributed by atoms with Crippen LogP contribution in [0.5, 0.6) is 0 Å². The number of amides is 1. The first kappa shape index (κ1) is 15.8. The number of aliphatic carboxylic acids is 1. The number of piperidine rings is 1. The van der Waals surface area contributed by atoms with E-state index in [2.05, 4.69) is 0 Å². The molecule has 1 amide bonds. The molecule has 6 nitrogen and oxygen atoms in total. The van der Waals surface area contributed by atoms with E-state index in [1.54, 1.807) is 4.90 Å². The molecule has 0 aromatic heterocycles. The minimum absolute atomic E-state index is 0.132. The average Bonchev–Trinajstić information content (AvgIpc) is 2.27. The number of ether oxygens (including phenoxy) is 1. The van der Waals surface area contributed by atoms with Crippen LogP contribution in [0.15, 0.2) is 0 Å². The molecule has 2 atom stereocenters. The highest BCUT2D eigenvalue weighted by atomic mass is 16.6. The van der Waals surface area contributed by atoms with E-state index in [-0.39, 0.29) is 12.0 Å². The van der Waals surface area contributed by atoms with E-state index in [0.717, 1.165) is 12.8 Å². The van der Waals surface area contributed by atoms with Gasteiger partial charge in [-0.3, -0.25) is 4.79 Å². The first-order valence-corrected chi connectivity index (χ1v) is 6.65. The normalized spacial score (nSPS) is 21.9. The Morgan fingerprint density at radius 2 is 2.11 bits per heavy atom. The lowest BCUT2D eigenvalue weighted by Gasteiger charge is -2.34. The summed E-state index contributed by atoms with van der Waals surface area (Å²) in [7, 11) is 0. The highest BCUT2D eigenvalue weighted by molar-refractivity contribution is 5.73. The Labute approximate surface area is 113 Å². The molecule has 0 saturated carbocycles. The molecule has 6 heteroatoms. The van der Waals surface area contributed by atoms with Crippen LogP contribution >= 0.6 is 0 Å². The van der Waals surface area contributed by atoms with Crippen molar-refractivity contribution in [3.05, 3.63) is 0 Å². The number of carbonyl (C=O) groups excluding carboxylic acids is 1. The largest absolute Gasteiger partial charge is 0.480 e. The second-order valence-electron chi connectivity index (χ2n) is 6.12. The second-order valence-corrected chi connectivity index (χ2v) is 6.12. The van der Waals surface area contributed by atoms with Gasteiger partial charge in [0.25, 0.3) is 0 Å². The smallest absolute Gasteiger partial charge is 0.410 e. The molecule has 0 bridgehead atoms. The predicted octanol–water partition coefficient (Wildman–Crippen LogP) is 1.44. The van der Waals surface area contributed by atoms with Gasteiger partial charge >= 0.3 is 12.1 Å². The lowest BCUT2D eigenvalue weighted by atomic mass is 9.92. The molecule has 1 aliphatic rings. The lowest BCUT2D eigenvalue weighted by Crippen LogP contribution is -2.44. The van der Waals surface area contributed by atoms with Gasteiger partial charge in [-0.1, -0.05) is 0 Å². The summed E-state index contributed by atoms with van der Waals surface area (Å²) in [5, 5.41) is 8.81. The molecule has 0 radical (unpaired) electrons. The van der Waals surface area contributed by atoms with Crippen molar-refractivity contribution in [2.24, 2.45) is 11.7 Å². The maximum absolute atomic E-state index is 11.9. The van der Waals surface area contributed by atoms with Crippen LogP contribution in [0.4, 0.5) is 4.79 Å². The minimum Gasteiger partial charge on any atom is -0.480 e. The first-order valence-electron chi connectivity index (χ1n) is 6.65. The maximum Gasteiger partial charge on any atom is 0.410 e. The van der Waals surface area contributed by atoms with Crippen LogP contribution in [0.3, 0.4) is 0 Å². The van der Waals surface area contributed by atoms with Gasteiger partial charge in [-0.15, -0.1) is 0 Å². The monoisotopic (exact) mass is 272 g/mol. The van der Waals surface area contributed by atoms with Gasteiger partial charge in [0, 0.05) is 13.1 Å². The van der Waals surface area contributed by atoms with Crippen LogP contribution in [-0.4, -0.2) is 46.8 Å². The topological polar surface area (TPSA) is 92.9 Å². The van der Waals surface area contributed by atoms with Crippen LogP contribution in [-0.2, 0) is 9.53 Å². The SMILES string of the molecule is CC(C)(C)OC(=O)N1CCCC(C[C@H](N)C(=O)O)C1. The van der Waals surface area contributed by atoms with E-state index in [1.165, 1.54) is 0 Å². The molecule has 1 fully saturated rings. The molecule has 19 heavy (non-hydrogen) atoms. The van der Waals surface area contributed by atoms with Gasteiger partial charge < -0.3 is 20.5 Å². The summed E-state index contributed by atoms with van der Waals surface area (Å²) in [5.41, 5.74) is 5.02. The number of carboxylic acid groups (broad SMARTS) is 1. The van der Waals surface area contributed by atoms with Gasteiger partial charge in [0.15, 0.2) is 0 Å². The third kappa shape index (κ3) is 5.46. The molecule has 1 heterocycles. The molecule has 0 aromatic carbocycles. The van der Waals surface area contributed by atoms with Gasteiger partial charge in [0.05, 0.1) is 0 Å². The second kappa shape index (κ2) is 6.23. The Morgan fingerprint density at radius 1 is 1.47 bits per heavy atom. The van der Waals surface area contributed by atoms with Gasteiger partial charge in [-0.25, -0.2) is 4.79 Å². The van der Waals surface area contributed by atoms with Crippen LogP contribution in [0.2, 0.25) is 0 Å². The van der Waals surface area contributed by atoms with E-state index >= 15 is 0 Å². The van der Waals surface area contributed by atoms with Crippen molar-refractivity contribution >= 4 is 12.1 Å². The fourth-order valence-electron chi connectivity index (χ4n) is 2.21. The van der Waals surface area contributed by atoms with Crippen LogP contribution in [0.25, 0.3) is 0 Å². The summed E-state index contributed by atoms with van der Waals surface area (Å²) < 4.78 is 5.32. The van der Waals surface area contributed by atoms with Crippen molar-refractivity contribution in [3.63, 3.8) is 0 Å². The number of carbonyl (C=O) groups is 2. The molecule has 110 valence electrons. The first-order chi connectivity index (χ1) is 8.69. The zero-order chi connectivity index (χ0) is 14.6. The van der Waals surface area contributed by atoms with Crippen LogP contribution in [0, 0.1) is 5.92 Å². The van der Waals surface area contributed by atoms with E-state index in [1.807, 2.05) is 20.8 Å². The number of nitrogens with two attached hydrogens (primary N) is 1. The Morgan fingerprint density at radius 3 is 2.63 bits per heavy atom. The van der Waals surface area contributed by atoms with Crippen molar-refractivity contribution in [1.29, 1.82) is 0 Å². The fourth-order valence-corrected chi connectivity index (χ4v) is 2.21.